The van der Waals surface area contributed by atoms with Crippen LogP contribution in [0, 0.1) is 65.1 Å². The third-order valence-electron chi connectivity index (χ3n) is 4.54. The molecule has 0 aromatic heterocycles. The fourth-order valence-corrected chi connectivity index (χ4v) is 6.40. The van der Waals surface area contributed by atoms with Gasteiger partial charge in [-0.3, -0.25) is 0 Å². The number of hydrogen-bond donors (Lipinski definition) is 0. The molecular weight excluding hydrogens is 445 g/mol. The van der Waals surface area contributed by atoms with Crippen LogP contribution in [0.5, 0.6) is 0 Å². The minimum atomic E-state index is -4.45. The Morgan fingerprint density at radius 1 is 0.500 bits per heavy atom. The van der Waals surface area contributed by atoms with Gasteiger partial charge in [0.2, 0.25) is 0 Å². The molecule has 0 amide bonds. The maximum atomic E-state index is 14.5. The van der Waals surface area contributed by atoms with Crippen LogP contribution in [0.25, 0.3) is 0 Å². The molecule has 156 valence electrons. The van der Waals surface area contributed by atoms with E-state index in [1.54, 1.807) is 0 Å². The molecule has 0 aliphatic heterocycles. The van der Waals surface area contributed by atoms with E-state index in [1.807, 2.05) is 0 Å². The van der Waals surface area contributed by atoms with Crippen molar-refractivity contribution in [2.45, 2.75) is 6.92 Å². The molecule has 3 aromatic carbocycles. The van der Waals surface area contributed by atoms with Gasteiger partial charge in [-0.15, -0.1) is 0 Å². The third kappa shape index (κ3) is 3.57. The Morgan fingerprint density at radius 3 is 1.37 bits per heavy atom. The molecule has 0 saturated heterocycles. The molecule has 0 fully saturated rings. The average Bonchev–Trinajstić information content (AvgIpc) is 2.66. The first-order valence-electron chi connectivity index (χ1n) is 8.07. The van der Waals surface area contributed by atoms with E-state index in [-0.39, 0.29) is 12.1 Å². The molecule has 0 bridgehead atoms. The lowest BCUT2D eigenvalue weighted by Gasteiger charge is -2.20. The maximum Gasteiger partial charge on any atom is 0.403 e. The summed E-state index contributed by atoms with van der Waals surface area (Å²) in [6.45, 7) is 0.968. The van der Waals surface area contributed by atoms with Gasteiger partial charge in [0.1, 0.15) is 23.3 Å². The second-order valence-corrected chi connectivity index (χ2v) is 8.94. The van der Waals surface area contributed by atoms with Crippen LogP contribution in [0.15, 0.2) is 24.3 Å². The highest BCUT2D eigenvalue weighted by Crippen LogP contribution is 2.18. The van der Waals surface area contributed by atoms with Crippen molar-refractivity contribution in [2.24, 2.45) is 0 Å². The Kier molecular flexibility index (Phi) is 5.89. The average molecular weight is 452 g/mol. The van der Waals surface area contributed by atoms with E-state index in [0.29, 0.717) is 12.1 Å². The second kappa shape index (κ2) is 7.96. The zero-order chi connectivity index (χ0) is 22.5. The summed E-state index contributed by atoms with van der Waals surface area (Å²) in [6.07, 6.45) is 0. The van der Waals surface area contributed by atoms with E-state index in [1.165, 1.54) is 0 Å². The van der Waals surface area contributed by atoms with E-state index in [2.05, 4.69) is 0 Å². The number of rotatable bonds is 3. The first-order chi connectivity index (χ1) is 14.0. The van der Waals surface area contributed by atoms with Gasteiger partial charge >= 0.3 is 14.1 Å². The summed E-state index contributed by atoms with van der Waals surface area (Å²) in [4.78, 5) is 0. The lowest BCUT2D eigenvalue weighted by molar-refractivity contribution is 0.438. The van der Waals surface area contributed by atoms with Crippen LogP contribution in [-0.2, 0) is 0 Å². The smallest absolute Gasteiger partial charge is 0.208 e. The number of benzene rings is 3. The Morgan fingerprint density at radius 2 is 0.933 bits per heavy atom. The molecule has 11 heteroatoms. The van der Waals surface area contributed by atoms with E-state index in [9.17, 15) is 43.9 Å². The molecule has 0 aliphatic rings. The van der Waals surface area contributed by atoms with Crippen molar-refractivity contribution in [2.75, 3.05) is 0 Å². The summed E-state index contributed by atoms with van der Waals surface area (Å²) in [5.74, 6) is -19.1. The molecular formula is C19H7AlF10. The van der Waals surface area contributed by atoms with Gasteiger partial charge in [0.25, 0.3) is 0 Å². The first-order valence-corrected chi connectivity index (χ1v) is 9.80. The highest BCUT2D eigenvalue weighted by atomic mass is 27.2. The fraction of sp³-hybridized carbons (Fsp3) is 0.0526. The lowest BCUT2D eigenvalue weighted by atomic mass is 10.2. The van der Waals surface area contributed by atoms with Gasteiger partial charge in [0.15, 0.2) is 34.9 Å². The Hall–Kier alpha value is -2.51. The van der Waals surface area contributed by atoms with Crippen molar-refractivity contribution in [1.29, 1.82) is 0 Å². The maximum absolute atomic E-state index is 14.5. The van der Waals surface area contributed by atoms with Gasteiger partial charge < -0.3 is 0 Å². The van der Waals surface area contributed by atoms with Crippen molar-refractivity contribution >= 4 is 27.4 Å². The van der Waals surface area contributed by atoms with Gasteiger partial charge in [-0.2, -0.15) is 0 Å². The van der Waals surface area contributed by atoms with Gasteiger partial charge in [-0.05, 0) is 27.4 Å². The first kappa shape index (κ1) is 22.2. The predicted molar refractivity (Wildman–Crippen MR) is 88.3 cm³/mol. The molecule has 0 spiro atoms. The largest absolute Gasteiger partial charge is 0.403 e. The van der Waals surface area contributed by atoms with E-state index >= 15 is 0 Å². The van der Waals surface area contributed by atoms with Gasteiger partial charge in [-0.25, -0.2) is 43.9 Å². The molecule has 0 radical (unpaired) electrons. The summed E-state index contributed by atoms with van der Waals surface area (Å²) in [7, 11) is 0. The van der Waals surface area contributed by atoms with Crippen molar-refractivity contribution in [3.63, 3.8) is 0 Å². The van der Waals surface area contributed by atoms with Crippen LogP contribution in [0.1, 0.15) is 5.56 Å². The Bertz CT molecular complexity index is 1110. The molecule has 0 nitrogen and oxygen atoms in total. The van der Waals surface area contributed by atoms with Gasteiger partial charge in [0, 0.05) is 18.2 Å². The molecule has 30 heavy (non-hydrogen) atoms. The monoisotopic (exact) mass is 452 g/mol. The third-order valence-corrected chi connectivity index (χ3v) is 7.97. The topological polar surface area (TPSA) is 0 Å². The molecule has 0 heterocycles. The molecule has 0 N–H and O–H groups in total. The summed E-state index contributed by atoms with van der Waals surface area (Å²) in [6, 6.07) is 0.582. The zero-order valence-electron chi connectivity index (χ0n) is 14.7. The van der Waals surface area contributed by atoms with Crippen molar-refractivity contribution in [1.82, 2.24) is 0 Å². The summed E-state index contributed by atoms with van der Waals surface area (Å²) in [5.41, 5.74) is -0.528. The molecule has 0 saturated carbocycles. The second-order valence-electron chi connectivity index (χ2n) is 6.30. The van der Waals surface area contributed by atoms with Crippen molar-refractivity contribution in [3.8, 4) is 0 Å². The molecule has 0 aliphatic carbocycles. The van der Waals surface area contributed by atoms with Gasteiger partial charge in [-0.1, -0.05) is 4.43 Å². The molecule has 3 aromatic rings. The zero-order valence-corrected chi connectivity index (χ0v) is 15.8. The van der Waals surface area contributed by atoms with Crippen LogP contribution < -0.4 is 13.3 Å². The van der Waals surface area contributed by atoms with Gasteiger partial charge in [0.05, 0.1) is 0 Å². The van der Waals surface area contributed by atoms with Crippen molar-refractivity contribution in [3.05, 3.63) is 88.0 Å². The normalized spacial score (nSPS) is 11.2. The van der Waals surface area contributed by atoms with E-state index in [0.717, 1.165) is 6.92 Å². The highest BCUT2D eigenvalue weighted by Gasteiger charge is 2.40. The lowest BCUT2D eigenvalue weighted by Crippen LogP contribution is -2.58. The molecule has 0 atom stereocenters. The van der Waals surface area contributed by atoms with Crippen LogP contribution in [0.3, 0.4) is 0 Å². The summed E-state index contributed by atoms with van der Waals surface area (Å²) < 4.78 is 137. The highest BCUT2D eigenvalue weighted by molar-refractivity contribution is 6.96. The standard InChI is InChI=1S/C7H5F2.2C6HF4.Al/c1-5-2-3-6(8)4-7(5)9;2*7-3-1-4(8)6(10)5(9)2-3;/h3-4H,1H3;2*1H;. The number of halogens is 10. The summed E-state index contributed by atoms with van der Waals surface area (Å²) in [5, 5.41) is 0. The minimum Gasteiger partial charge on any atom is -0.208 e. The van der Waals surface area contributed by atoms with Crippen LogP contribution in [-0.4, -0.2) is 14.1 Å². The minimum absolute atomic E-state index is 0.131. The SMILES string of the molecule is Cc1c(F)cc(F)c[c]1[Al]([c]1c(F)cc(F)c(F)c1F)[c]1c(F)cc(F)c(F)c1F. The predicted octanol–water partition coefficient (Wildman–Crippen LogP) is 3.90. The van der Waals surface area contributed by atoms with Crippen LogP contribution >= 0.6 is 0 Å². The molecule has 0 unspecified atom stereocenters. The van der Waals surface area contributed by atoms with E-state index in [4.69, 9.17) is 0 Å². The Balaban J connectivity index is 2.52. The van der Waals surface area contributed by atoms with Crippen LogP contribution in [0.4, 0.5) is 43.9 Å². The van der Waals surface area contributed by atoms with Crippen molar-refractivity contribution < 1.29 is 43.9 Å². The summed E-state index contributed by atoms with van der Waals surface area (Å²) >= 11 is -4.45. The molecule has 3 rings (SSSR count). The quantitative estimate of drug-likeness (QED) is 0.245. The Labute approximate surface area is 166 Å². The van der Waals surface area contributed by atoms with E-state index < -0.39 is 91.2 Å². The van der Waals surface area contributed by atoms with Crippen LogP contribution in [0.2, 0.25) is 0 Å². The fourth-order valence-electron chi connectivity index (χ4n) is 3.11. The number of hydrogen-bond acceptors (Lipinski definition) is 0.